The quantitative estimate of drug-likeness (QED) is 0.273. The zero-order valence-electron chi connectivity index (χ0n) is 17.0. The maximum atomic E-state index is 12.6. The van der Waals surface area contributed by atoms with E-state index in [-0.39, 0.29) is 17.8 Å². The summed E-state index contributed by atoms with van der Waals surface area (Å²) in [7, 11) is 1.55. The fraction of sp³-hybridized carbons (Fsp3) is 0.238. The summed E-state index contributed by atoms with van der Waals surface area (Å²) in [6, 6.07) is 11.7. The van der Waals surface area contributed by atoms with Gasteiger partial charge >= 0.3 is 0 Å². The maximum Gasteiger partial charge on any atom is 0.293 e. The smallest absolute Gasteiger partial charge is 0.293 e. The zero-order valence-corrected chi connectivity index (χ0v) is 18.5. The average Bonchev–Trinajstić information content (AvgIpc) is 3.13. The number of rotatable bonds is 9. The first kappa shape index (κ1) is 22.7. The molecule has 0 radical (unpaired) electrons. The van der Waals surface area contributed by atoms with Gasteiger partial charge in [-0.25, -0.2) is 4.98 Å². The number of nitro groups is 1. The predicted molar refractivity (Wildman–Crippen MR) is 122 cm³/mol. The Hall–Kier alpha value is -3.01. The van der Waals surface area contributed by atoms with E-state index >= 15 is 0 Å². The number of nitrogens with zero attached hydrogens (tertiary/aromatic N) is 2. The molecule has 31 heavy (non-hydrogen) atoms. The van der Waals surface area contributed by atoms with Crippen LogP contribution in [0, 0.1) is 17.0 Å². The molecule has 0 unspecified atom stereocenters. The van der Waals surface area contributed by atoms with E-state index in [2.05, 4.69) is 15.6 Å². The molecule has 3 aromatic rings. The summed E-state index contributed by atoms with van der Waals surface area (Å²) in [5.41, 5.74) is 2.16. The van der Waals surface area contributed by atoms with Crippen molar-refractivity contribution >= 4 is 40.2 Å². The third-order valence-corrected chi connectivity index (χ3v) is 5.66. The molecule has 10 heteroatoms. The number of anilines is 1. The molecule has 2 N–H and O–H groups in total. The largest absolute Gasteiger partial charge is 0.383 e. The first-order chi connectivity index (χ1) is 14.9. The molecule has 0 aliphatic heterocycles. The Morgan fingerprint density at radius 1 is 1.26 bits per heavy atom. The summed E-state index contributed by atoms with van der Waals surface area (Å²) in [5, 5.41) is 18.5. The zero-order chi connectivity index (χ0) is 22.4. The van der Waals surface area contributed by atoms with Gasteiger partial charge in [0.1, 0.15) is 10.7 Å². The SMILES string of the molecule is COCCNc1ccc(C(=O)NCc2nc(-c3ccc(Cl)cc3)c(C)s2)cc1[N+](=O)[O-]. The summed E-state index contributed by atoms with van der Waals surface area (Å²) in [4.78, 5) is 29.1. The van der Waals surface area contributed by atoms with Crippen molar-refractivity contribution in [2.75, 3.05) is 25.6 Å². The van der Waals surface area contributed by atoms with Crippen LogP contribution in [-0.2, 0) is 11.3 Å². The first-order valence-electron chi connectivity index (χ1n) is 9.40. The van der Waals surface area contributed by atoms with E-state index in [0.717, 1.165) is 21.1 Å². The molecule has 0 fully saturated rings. The van der Waals surface area contributed by atoms with E-state index in [9.17, 15) is 14.9 Å². The fourth-order valence-electron chi connectivity index (χ4n) is 2.92. The van der Waals surface area contributed by atoms with Gasteiger partial charge in [0.25, 0.3) is 11.6 Å². The Morgan fingerprint density at radius 3 is 2.68 bits per heavy atom. The van der Waals surface area contributed by atoms with E-state index in [1.54, 1.807) is 25.3 Å². The number of hydrogen-bond acceptors (Lipinski definition) is 7. The van der Waals surface area contributed by atoms with Gasteiger partial charge in [-0.1, -0.05) is 23.7 Å². The van der Waals surface area contributed by atoms with Crippen molar-refractivity contribution in [1.82, 2.24) is 10.3 Å². The summed E-state index contributed by atoms with van der Waals surface area (Å²) >= 11 is 7.43. The minimum Gasteiger partial charge on any atom is -0.383 e. The van der Waals surface area contributed by atoms with Gasteiger partial charge in [-0.3, -0.25) is 14.9 Å². The van der Waals surface area contributed by atoms with Crippen LogP contribution in [-0.4, -0.2) is 36.1 Å². The molecule has 1 amide bonds. The van der Waals surface area contributed by atoms with Gasteiger partial charge < -0.3 is 15.4 Å². The number of methoxy groups -OCH3 is 1. The highest BCUT2D eigenvalue weighted by atomic mass is 35.5. The van der Waals surface area contributed by atoms with E-state index < -0.39 is 10.8 Å². The van der Waals surface area contributed by atoms with Crippen LogP contribution in [0.1, 0.15) is 20.2 Å². The summed E-state index contributed by atoms with van der Waals surface area (Å²) in [6.45, 7) is 3.01. The second-order valence-corrected chi connectivity index (χ2v) is 8.33. The number of nitro benzene ring substituents is 1. The van der Waals surface area contributed by atoms with Gasteiger partial charge in [0.2, 0.25) is 0 Å². The van der Waals surface area contributed by atoms with Crippen molar-refractivity contribution in [3.05, 3.63) is 73.0 Å². The van der Waals surface area contributed by atoms with E-state index in [0.29, 0.717) is 23.9 Å². The Morgan fingerprint density at radius 2 is 2.00 bits per heavy atom. The van der Waals surface area contributed by atoms with Gasteiger partial charge in [-0.05, 0) is 31.2 Å². The molecule has 0 atom stereocenters. The molecule has 0 saturated heterocycles. The number of halogens is 1. The van der Waals surface area contributed by atoms with E-state index in [1.165, 1.54) is 23.5 Å². The van der Waals surface area contributed by atoms with Crippen LogP contribution in [0.4, 0.5) is 11.4 Å². The van der Waals surface area contributed by atoms with E-state index in [4.69, 9.17) is 16.3 Å². The van der Waals surface area contributed by atoms with Gasteiger partial charge in [0.05, 0.1) is 23.8 Å². The number of carbonyl (C=O) groups is 1. The Kier molecular flexibility index (Phi) is 7.56. The Bertz CT molecular complexity index is 1090. The molecule has 0 aliphatic carbocycles. The van der Waals surface area contributed by atoms with Crippen molar-refractivity contribution in [2.24, 2.45) is 0 Å². The van der Waals surface area contributed by atoms with Crippen LogP contribution in [0.15, 0.2) is 42.5 Å². The lowest BCUT2D eigenvalue weighted by atomic mass is 10.1. The number of hydrogen-bond donors (Lipinski definition) is 2. The van der Waals surface area contributed by atoms with Gasteiger partial charge in [0.15, 0.2) is 0 Å². The molecule has 0 bridgehead atoms. The lowest BCUT2D eigenvalue weighted by molar-refractivity contribution is -0.384. The van der Waals surface area contributed by atoms with Gasteiger partial charge in [-0.2, -0.15) is 0 Å². The number of amides is 1. The monoisotopic (exact) mass is 460 g/mol. The van der Waals surface area contributed by atoms with Crippen molar-refractivity contribution in [1.29, 1.82) is 0 Å². The number of carbonyl (C=O) groups excluding carboxylic acids is 1. The van der Waals surface area contributed by atoms with E-state index in [1.807, 2.05) is 19.1 Å². The van der Waals surface area contributed by atoms with Crippen LogP contribution in [0.25, 0.3) is 11.3 Å². The van der Waals surface area contributed by atoms with Crippen LogP contribution in [0.5, 0.6) is 0 Å². The molecule has 8 nitrogen and oxygen atoms in total. The van der Waals surface area contributed by atoms with Crippen LogP contribution in [0.2, 0.25) is 5.02 Å². The Labute approximate surface area is 188 Å². The van der Waals surface area contributed by atoms with Crippen molar-refractivity contribution < 1.29 is 14.5 Å². The molecule has 0 saturated carbocycles. The third kappa shape index (κ3) is 5.78. The molecule has 0 spiro atoms. The number of aryl methyl sites for hydroxylation is 1. The minimum atomic E-state index is -0.519. The van der Waals surface area contributed by atoms with Crippen molar-refractivity contribution in [3.8, 4) is 11.3 Å². The van der Waals surface area contributed by atoms with Crippen LogP contribution in [0.3, 0.4) is 0 Å². The fourth-order valence-corrected chi connectivity index (χ4v) is 3.94. The predicted octanol–water partition coefficient (Wildman–Crippen LogP) is 4.67. The van der Waals surface area contributed by atoms with Gasteiger partial charge in [-0.15, -0.1) is 11.3 Å². The minimum absolute atomic E-state index is 0.168. The normalized spacial score (nSPS) is 10.7. The number of benzene rings is 2. The summed E-state index contributed by atoms with van der Waals surface area (Å²) in [6.07, 6.45) is 0. The van der Waals surface area contributed by atoms with Crippen molar-refractivity contribution in [2.45, 2.75) is 13.5 Å². The Balaban J connectivity index is 1.69. The lowest BCUT2D eigenvalue weighted by Crippen LogP contribution is -2.23. The molecule has 3 rings (SSSR count). The highest BCUT2D eigenvalue weighted by Crippen LogP contribution is 2.29. The highest BCUT2D eigenvalue weighted by molar-refractivity contribution is 7.12. The maximum absolute atomic E-state index is 12.6. The standard InChI is InChI=1S/C21H21ClN4O4S/c1-13-20(14-3-6-16(22)7-4-14)25-19(31-13)12-24-21(27)15-5-8-17(23-9-10-30-2)18(11-15)26(28)29/h3-8,11,23H,9-10,12H2,1-2H3,(H,24,27). The molecule has 162 valence electrons. The van der Waals surface area contributed by atoms with Crippen molar-refractivity contribution in [3.63, 3.8) is 0 Å². The first-order valence-corrected chi connectivity index (χ1v) is 10.6. The van der Waals surface area contributed by atoms with Crippen LogP contribution < -0.4 is 10.6 Å². The molecular formula is C21H21ClN4O4S. The number of aromatic nitrogens is 1. The summed E-state index contributed by atoms with van der Waals surface area (Å²) < 4.78 is 4.94. The molecule has 1 aromatic heterocycles. The number of nitrogens with one attached hydrogen (secondary N) is 2. The lowest BCUT2D eigenvalue weighted by Gasteiger charge is -2.08. The molecule has 2 aromatic carbocycles. The van der Waals surface area contributed by atoms with Gasteiger partial charge in [0, 0.05) is 40.7 Å². The molecular weight excluding hydrogens is 440 g/mol. The average molecular weight is 461 g/mol. The number of ether oxygens (including phenoxy) is 1. The third-order valence-electron chi connectivity index (χ3n) is 4.44. The second-order valence-electron chi connectivity index (χ2n) is 6.61. The molecule has 0 aliphatic rings. The summed E-state index contributed by atoms with van der Waals surface area (Å²) in [5.74, 6) is -0.410. The topological polar surface area (TPSA) is 106 Å². The molecule has 1 heterocycles. The highest BCUT2D eigenvalue weighted by Gasteiger charge is 2.18. The number of thiazole rings is 1. The second kappa shape index (κ2) is 10.3. The van der Waals surface area contributed by atoms with Crippen LogP contribution >= 0.6 is 22.9 Å².